The lowest BCUT2D eigenvalue weighted by Gasteiger charge is -1.99. The topological polar surface area (TPSA) is 12.0 Å². The summed E-state index contributed by atoms with van der Waals surface area (Å²) in [5.41, 5.74) is 0. The Hall–Kier alpha value is -0.110. The highest BCUT2D eigenvalue weighted by Crippen LogP contribution is 1.98. The number of hydrogen-bond donors (Lipinski definition) is 1. The zero-order valence-electron chi connectivity index (χ0n) is 6.83. The van der Waals surface area contributed by atoms with Gasteiger partial charge in [-0.2, -0.15) is 0 Å². The van der Waals surface area contributed by atoms with Crippen LogP contribution in [0.1, 0.15) is 32.6 Å². The molecule has 62 valence electrons. The smallest absolute Gasteiger partial charge is 0.0894 e. The molecule has 0 aliphatic rings. The molecule has 0 bridgehead atoms. The molecule has 0 aliphatic heterocycles. The van der Waals surface area contributed by atoms with Crippen LogP contribution in [0.2, 0.25) is 0 Å². The van der Waals surface area contributed by atoms with Crippen molar-refractivity contribution in [1.82, 2.24) is 5.32 Å². The van der Waals surface area contributed by atoms with Crippen molar-refractivity contribution in [2.75, 3.05) is 19.8 Å². The van der Waals surface area contributed by atoms with Crippen molar-refractivity contribution < 1.29 is 4.39 Å². The summed E-state index contributed by atoms with van der Waals surface area (Å²) in [4.78, 5) is 0. The molecule has 0 atom stereocenters. The largest absolute Gasteiger partial charge is 0.317 e. The molecular weight excluding hydrogens is 129 g/mol. The number of halogens is 1. The molecule has 2 heteroatoms. The quantitative estimate of drug-likeness (QED) is 0.544. The Morgan fingerprint density at radius 2 is 1.80 bits per heavy atom. The first-order valence-corrected chi connectivity index (χ1v) is 4.18. The van der Waals surface area contributed by atoms with Gasteiger partial charge in [0, 0.05) is 0 Å². The molecule has 0 aromatic rings. The van der Waals surface area contributed by atoms with Crippen molar-refractivity contribution in [3.63, 3.8) is 0 Å². The van der Waals surface area contributed by atoms with Crippen molar-refractivity contribution in [2.24, 2.45) is 0 Å². The van der Waals surface area contributed by atoms with E-state index >= 15 is 0 Å². The normalized spacial score (nSPS) is 10.2. The van der Waals surface area contributed by atoms with Gasteiger partial charge in [-0.05, 0) is 25.9 Å². The second-order valence-corrected chi connectivity index (χ2v) is 2.46. The van der Waals surface area contributed by atoms with E-state index in [0.29, 0.717) is 0 Å². The molecule has 0 radical (unpaired) electrons. The standard InChI is InChI=1S/C8H18FN/c1-2-10-8-6-4-3-5-7-9/h10H,2-8H2,1H3. The first-order chi connectivity index (χ1) is 4.91. The lowest BCUT2D eigenvalue weighted by molar-refractivity contribution is 0.451. The maximum atomic E-state index is 11.6. The highest BCUT2D eigenvalue weighted by atomic mass is 19.1. The zero-order valence-corrected chi connectivity index (χ0v) is 6.83. The van der Waals surface area contributed by atoms with E-state index in [4.69, 9.17) is 0 Å². The summed E-state index contributed by atoms with van der Waals surface area (Å²) in [5.74, 6) is 0. The van der Waals surface area contributed by atoms with Gasteiger partial charge in [0.25, 0.3) is 0 Å². The molecule has 1 N–H and O–H groups in total. The molecule has 0 spiro atoms. The second kappa shape index (κ2) is 8.89. The number of rotatable bonds is 7. The maximum Gasteiger partial charge on any atom is 0.0894 e. The Labute approximate surface area is 63.0 Å². The number of hydrogen-bond acceptors (Lipinski definition) is 1. The van der Waals surface area contributed by atoms with E-state index in [-0.39, 0.29) is 6.67 Å². The molecule has 0 aliphatic carbocycles. The molecule has 0 saturated heterocycles. The van der Waals surface area contributed by atoms with Crippen LogP contribution in [0.4, 0.5) is 4.39 Å². The lowest BCUT2D eigenvalue weighted by Crippen LogP contribution is -2.13. The van der Waals surface area contributed by atoms with E-state index in [2.05, 4.69) is 12.2 Å². The Bertz CT molecular complexity index is 49.2. The van der Waals surface area contributed by atoms with Gasteiger partial charge in [0.2, 0.25) is 0 Å². The van der Waals surface area contributed by atoms with E-state index in [0.717, 1.165) is 32.4 Å². The summed E-state index contributed by atoms with van der Waals surface area (Å²) in [7, 11) is 0. The maximum absolute atomic E-state index is 11.6. The van der Waals surface area contributed by atoms with Crippen molar-refractivity contribution in [1.29, 1.82) is 0 Å². The van der Waals surface area contributed by atoms with Crippen LogP contribution in [0, 0.1) is 0 Å². The van der Waals surface area contributed by atoms with Crippen LogP contribution in [-0.4, -0.2) is 19.8 Å². The van der Waals surface area contributed by atoms with Crippen molar-refractivity contribution in [3.8, 4) is 0 Å². The fraction of sp³-hybridized carbons (Fsp3) is 1.00. The fourth-order valence-corrected chi connectivity index (χ4v) is 0.875. The predicted octanol–water partition coefficient (Wildman–Crippen LogP) is 2.13. The number of nitrogens with one attached hydrogen (secondary N) is 1. The third kappa shape index (κ3) is 7.89. The molecular formula is C8H18FN. The number of alkyl halides is 1. The molecule has 0 aromatic heterocycles. The van der Waals surface area contributed by atoms with Gasteiger partial charge < -0.3 is 5.32 Å². The Morgan fingerprint density at radius 3 is 2.40 bits per heavy atom. The van der Waals surface area contributed by atoms with Gasteiger partial charge in [0.15, 0.2) is 0 Å². The average Bonchev–Trinajstić information content (AvgIpc) is 1.97. The minimum Gasteiger partial charge on any atom is -0.317 e. The first kappa shape index (κ1) is 9.89. The first-order valence-electron chi connectivity index (χ1n) is 4.18. The summed E-state index contributed by atoms with van der Waals surface area (Å²) in [5, 5.41) is 3.23. The molecule has 0 rings (SSSR count). The Kier molecular flexibility index (Phi) is 8.79. The zero-order chi connectivity index (χ0) is 7.66. The molecule has 1 nitrogen and oxygen atoms in total. The summed E-state index contributed by atoms with van der Waals surface area (Å²) >= 11 is 0. The molecule has 0 aromatic carbocycles. The van der Waals surface area contributed by atoms with Crippen LogP contribution in [0.3, 0.4) is 0 Å². The average molecular weight is 147 g/mol. The summed E-state index contributed by atoms with van der Waals surface area (Å²) < 4.78 is 11.6. The van der Waals surface area contributed by atoms with Gasteiger partial charge in [-0.1, -0.05) is 19.8 Å². The van der Waals surface area contributed by atoms with Gasteiger partial charge in [-0.3, -0.25) is 4.39 Å². The van der Waals surface area contributed by atoms with E-state index in [1.54, 1.807) is 0 Å². The fourth-order valence-electron chi connectivity index (χ4n) is 0.875. The molecule has 0 heterocycles. The van der Waals surface area contributed by atoms with Gasteiger partial charge in [0.1, 0.15) is 0 Å². The molecule has 0 fully saturated rings. The van der Waals surface area contributed by atoms with Gasteiger partial charge in [-0.25, -0.2) is 0 Å². The predicted molar refractivity (Wildman–Crippen MR) is 43.0 cm³/mol. The van der Waals surface area contributed by atoms with Crippen LogP contribution in [0.25, 0.3) is 0 Å². The highest BCUT2D eigenvalue weighted by molar-refractivity contribution is 4.45. The van der Waals surface area contributed by atoms with Gasteiger partial charge >= 0.3 is 0 Å². The Morgan fingerprint density at radius 1 is 1.10 bits per heavy atom. The van der Waals surface area contributed by atoms with E-state index < -0.39 is 0 Å². The minimum absolute atomic E-state index is 0.152. The summed E-state index contributed by atoms with van der Waals surface area (Å²) in [6.45, 7) is 4.08. The van der Waals surface area contributed by atoms with E-state index in [1.165, 1.54) is 6.42 Å². The van der Waals surface area contributed by atoms with Crippen LogP contribution in [-0.2, 0) is 0 Å². The Balaban J connectivity index is 2.65. The summed E-state index contributed by atoms with van der Waals surface area (Å²) in [6, 6.07) is 0. The van der Waals surface area contributed by atoms with Gasteiger partial charge in [-0.15, -0.1) is 0 Å². The molecule has 0 amide bonds. The minimum atomic E-state index is -0.152. The molecule has 0 unspecified atom stereocenters. The van der Waals surface area contributed by atoms with Crippen molar-refractivity contribution in [3.05, 3.63) is 0 Å². The third-order valence-electron chi connectivity index (χ3n) is 1.49. The van der Waals surface area contributed by atoms with E-state index in [9.17, 15) is 4.39 Å². The van der Waals surface area contributed by atoms with Crippen LogP contribution in [0.5, 0.6) is 0 Å². The monoisotopic (exact) mass is 147 g/mol. The molecule has 10 heavy (non-hydrogen) atoms. The van der Waals surface area contributed by atoms with Crippen molar-refractivity contribution >= 4 is 0 Å². The SMILES string of the molecule is CCNCCCCCCF. The van der Waals surface area contributed by atoms with E-state index in [1.807, 2.05) is 0 Å². The lowest BCUT2D eigenvalue weighted by atomic mass is 10.2. The van der Waals surface area contributed by atoms with Crippen molar-refractivity contribution in [2.45, 2.75) is 32.6 Å². The third-order valence-corrected chi connectivity index (χ3v) is 1.49. The van der Waals surface area contributed by atoms with Crippen LogP contribution < -0.4 is 5.32 Å². The van der Waals surface area contributed by atoms with Crippen LogP contribution in [0.15, 0.2) is 0 Å². The number of unbranched alkanes of at least 4 members (excludes halogenated alkanes) is 3. The highest BCUT2D eigenvalue weighted by Gasteiger charge is 1.87. The van der Waals surface area contributed by atoms with Crippen LogP contribution >= 0.6 is 0 Å². The summed E-state index contributed by atoms with van der Waals surface area (Å²) in [6.07, 6.45) is 4.14. The second-order valence-electron chi connectivity index (χ2n) is 2.46. The molecule has 0 saturated carbocycles. The van der Waals surface area contributed by atoms with Gasteiger partial charge in [0.05, 0.1) is 6.67 Å².